The van der Waals surface area contributed by atoms with Gasteiger partial charge in [0.1, 0.15) is 11.6 Å². The Bertz CT molecular complexity index is 1420. The highest BCUT2D eigenvalue weighted by Crippen LogP contribution is 2.37. The summed E-state index contributed by atoms with van der Waals surface area (Å²) in [7, 11) is 0. The predicted octanol–water partition coefficient (Wildman–Crippen LogP) is 4.07. The van der Waals surface area contributed by atoms with Gasteiger partial charge in [0.15, 0.2) is 0 Å². The Morgan fingerprint density at radius 3 is 2.68 bits per heavy atom. The number of nitrogens with zero attached hydrogens (tertiary/aromatic N) is 5. The lowest BCUT2D eigenvalue weighted by molar-refractivity contribution is 0.0984. The molecule has 0 unspecified atom stereocenters. The molecule has 8 heteroatoms. The van der Waals surface area contributed by atoms with Crippen molar-refractivity contribution in [1.29, 1.82) is 0 Å². The van der Waals surface area contributed by atoms with Crippen molar-refractivity contribution in [2.24, 2.45) is 0 Å². The minimum absolute atomic E-state index is 0.173. The summed E-state index contributed by atoms with van der Waals surface area (Å²) in [5.41, 5.74) is 11.9. The van der Waals surface area contributed by atoms with Gasteiger partial charge in [-0.15, -0.1) is 0 Å². The van der Waals surface area contributed by atoms with Crippen molar-refractivity contribution in [1.82, 2.24) is 19.9 Å². The number of ether oxygens (including phenoxy) is 1. The molecule has 1 aliphatic carbocycles. The number of benzene rings is 1. The van der Waals surface area contributed by atoms with E-state index in [1.165, 1.54) is 0 Å². The van der Waals surface area contributed by atoms with Gasteiger partial charge in [0.05, 0.1) is 42.2 Å². The zero-order valence-corrected chi connectivity index (χ0v) is 18.9. The van der Waals surface area contributed by atoms with E-state index in [0.717, 1.165) is 57.6 Å². The summed E-state index contributed by atoms with van der Waals surface area (Å²) >= 11 is 0. The van der Waals surface area contributed by atoms with Crippen LogP contribution in [0.25, 0.3) is 10.9 Å². The van der Waals surface area contributed by atoms with Crippen molar-refractivity contribution >= 4 is 28.3 Å². The van der Waals surface area contributed by atoms with Gasteiger partial charge in [0, 0.05) is 35.5 Å². The molecule has 4 heterocycles. The number of nitrogens with two attached hydrogens (primary N) is 1. The highest BCUT2D eigenvalue weighted by molar-refractivity contribution is 6.06. The molecule has 8 nitrogen and oxygen atoms in total. The van der Waals surface area contributed by atoms with Crippen LogP contribution in [0.3, 0.4) is 0 Å². The Kier molecular flexibility index (Phi) is 4.95. The molecule has 1 amide bonds. The minimum Gasteiger partial charge on any atom is -0.383 e. The Labute approximate surface area is 196 Å². The van der Waals surface area contributed by atoms with Gasteiger partial charge < -0.3 is 15.4 Å². The first-order valence-corrected chi connectivity index (χ1v) is 11.4. The third-order valence-corrected chi connectivity index (χ3v) is 6.51. The van der Waals surface area contributed by atoms with E-state index in [9.17, 15) is 4.79 Å². The van der Waals surface area contributed by atoms with Gasteiger partial charge in [-0.05, 0) is 49.1 Å². The van der Waals surface area contributed by atoms with Crippen molar-refractivity contribution in [2.45, 2.75) is 45.4 Å². The van der Waals surface area contributed by atoms with Crippen LogP contribution in [-0.4, -0.2) is 25.8 Å². The number of nitrogen functional groups attached to an aromatic ring is 1. The standard InChI is InChI=1S/C26H24N6O2/c1-15-23(3-2-8-28-15)32(26(33)18-10-29-25(30-11-18)17-5-6-17)12-16-4-7-19-20-13-34-14-21(20)24(27)31-22(19)9-16/h2-4,7-11,17H,5-6,12-14H2,1H3,(H2,27,31). The summed E-state index contributed by atoms with van der Waals surface area (Å²) in [5.74, 6) is 1.58. The number of anilines is 2. The van der Waals surface area contributed by atoms with Gasteiger partial charge in [0.25, 0.3) is 5.91 Å². The van der Waals surface area contributed by atoms with E-state index in [-0.39, 0.29) is 5.91 Å². The molecule has 1 aromatic carbocycles. The Morgan fingerprint density at radius 1 is 1.12 bits per heavy atom. The molecule has 0 spiro atoms. The largest absolute Gasteiger partial charge is 0.383 e. The van der Waals surface area contributed by atoms with Gasteiger partial charge in [-0.3, -0.25) is 9.78 Å². The van der Waals surface area contributed by atoms with E-state index >= 15 is 0 Å². The second-order valence-electron chi connectivity index (χ2n) is 8.90. The van der Waals surface area contributed by atoms with Crippen LogP contribution < -0.4 is 10.6 Å². The van der Waals surface area contributed by atoms with Crippen molar-refractivity contribution in [3.8, 4) is 0 Å². The normalized spacial score (nSPS) is 14.9. The quantitative estimate of drug-likeness (QED) is 0.486. The first kappa shape index (κ1) is 20.7. The number of pyridine rings is 2. The molecule has 1 saturated carbocycles. The van der Waals surface area contributed by atoms with Crippen molar-refractivity contribution < 1.29 is 9.53 Å². The van der Waals surface area contributed by atoms with Gasteiger partial charge in [-0.1, -0.05) is 12.1 Å². The fourth-order valence-electron chi connectivity index (χ4n) is 4.49. The van der Waals surface area contributed by atoms with E-state index < -0.39 is 0 Å². The molecule has 2 N–H and O–H groups in total. The first-order chi connectivity index (χ1) is 16.6. The average molecular weight is 453 g/mol. The molecule has 0 bridgehead atoms. The predicted molar refractivity (Wildman–Crippen MR) is 128 cm³/mol. The Balaban J connectivity index is 1.37. The molecule has 0 radical (unpaired) electrons. The molecule has 34 heavy (non-hydrogen) atoms. The monoisotopic (exact) mass is 452 g/mol. The van der Waals surface area contributed by atoms with Crippen LogP contribution >= 0.6 is 0 Å². The smallest absolute Gasteiger partial charge is 0.261 e. The highest BCUT2D eigenvalue weighted by atomic mass is 16.5. The van der Waals surface area contributed by atoms with Crippen molar-refractivity contribution in [2.75, 3.05) is 10.6 Å². The summed E-state index contributed by atoms with van der Waals surface area (Å²) in [6.07, 6.45) is 7.22. The molecule has 1 fully saturated rings. The maximum Gasteiger partial charge on any atom is 0.261 e. The Hall–Kier alpha value is -3.91. The third kappa shape index (κ3) is 3.66. The molecule has 0 atom stereocenters. The molecule has 4 aromatic rings. The summed E-state index contributed by atoms with van der Waals surface area (Å²) in [6, 6.07) is 9.79. The van der Waals surface area contributed by atoms with Crippen molar-refractivity contribution in [3.05, 3.63) is 82.7 Å². The minimum atomic E-state index is -0.173. The van der Waals surface area contributed by atoms with E-state index in [4.69, 9.17) is 10.5 Å². The number of aryl methyl sites for hydroxylation is 1. The van der Waals surface area contributed by atoms with Crippen molar-refractivity contribution in [3.63, 3.8) is 0 Å². The van der Waals surface area contributed by atoms with Crippen LogP contribution in [0, 0.1) is 6.92 Å². The maximum absolute atomic E-state index is 13.6. The fourth-order valence-corrected chi connectivity index (χ4v) is 4.49. The van der Waals surface area contributed by atoms with Gasteiger partial charge in [-0.2, -0.15) is 0 Å². The second-order valence-corrected chi connectivity index (χ2v) is 8.90. The zero-order chi connectivity index (χ0) is 23.2. The lowest BCUT2D eigenvalue weighted by atomic mass is 10.0. The van der Waals surface area contributed by atoms with Crippen LogP contribution in [0.15, 0.2) is 48.9 Å². The summed E-state index contributed by atoms with van der Waals surface area (Å²) in [4.78, 5) is 33.2. The fraction of sp³-hybridized carbons (Fsp3) is 0.269. The van der Waals surface area contributed by atoms with Crippen LogP contribution in [0.5, 0.6) is 0 Å². The van der Waals surface area contributed by atoms with Gasteiger partial charge in [0.2, 0.25) is 0 Å². The van der Waals surface area contributed by atoms with Crippen LogP contribution in [0.4, 0.5) is 11.5 Å². The number of fused-ring (bicyclic) bond motifs is 3. The zero-order valence-electron chi connectivity index (χ0n) is 18.9. The molecule has 0 saturated heterocycles. The summed E-state index contributed by atoms with van der Waals surface area (Å²) in [6.45, 7) is 3.28. The Morgan fingerprint density at radius 2 is 1.91 bits per heavy atom. The van der Waals surface area contributed by atoms with Crippen LogP contribution in [0.1, 0.15) is 57.3 Å². The second kappa shape index (κ2) is 8.14. The average Bonchev–Trinajstić information content (AvgIpc) is 3.58. The number of aromatic nitrogens is 4. The number of hydrogen-bond donors (Lipinski definition) is 1. The van der Waals surface area contributed by atoms with Crippen LogP contribution in [0.2, 0.25) is 0 Å². The third-order valence-electron chi connectivity index (χ3n) is 6.51. The molecular weight excluding hydrogens is 428 g/mol. The first-order valence-electron chi connectivity index (χ1n) is 11.4. The molecule has 1 aliphatic heterocycles. The highest BCUT2D eigenvalue weighted by Gasteiger charge is 2.27. The topological polar surface area (TPSA) is 107 Å². The lowest BCUT2D eigenvalue weighted by Gasteiger charge is -2.24. The summed E-state index contributed by atoms with van der Waals surface area (Å²) in [5, 5.41) is 1.03. The SMILES string of the molecule is Cc1ncccc1N(Cc1ccc2c3c(c(N)nc2c1)COC3)C(=O)c1cnc(C2CC2)nc1. The number of rotatable bonds is 5. The van der Waals surface area contributed by atoms with E-state index in [0.29, 0.717) is 37.1 Å². The number of amides is 1. The number of carbonyl (C=O) groups is 1. The summed E-state index contributed by atoms with van der Waals surface area (Å²) < 4.78 is 5.59. The van der Waals surface area contributed by atoms with Gasteiger partial charge in [-0.25, -0.2) is 15.0 Å². The van der Waals surface area contributed by atoms with E-state index in [1.807, 2.05) is 37.3 Å². The van der Waals surface area contributed by atoms with E-state index in [2.05, 4.69) is 19.9 Å². The molecule has 170 valence electrons. The molecule has 2 aliphatic rings. The maximum atomic E-state index is 13.6. The van der Waals surface area contributed by atoms with E-state index in [1.54, 1.807) is 23.5 Å². The van der Waals surface area contributed by atoms with Gasteiger partial charge >= 0.3 is 0 Å². The molecule has 3 aromatic heterocycles. The number of hydrogen-bond acceptors (Lipinski definition) is 7. The lowest BCUT2D eigenvalue weighted by Crippen LogP contribution is -2.31. The molecular formula is C26H24N6O2. The van der Waals surface area contributed by atoms with Crippen LogP contribution in [-0.2, 0) is 24.5 Å². The number of carbonyl (C=O) groups excluding carboxylic acids is 1. The molecule has 6 rings (SSSR count).